The molecule has 16 heavy (non-hydrogen) atoms. The lowest BCUT2D eigenvalue weighted by Gasteiger charge is -2.20. The van der Waals surface area contributed by atoms with E-state index in [1.807, 2.05) is 12.4 Å². The summed E-state index contributed by atoms with van der Waals surface area (Å²) in [5.74, 6) is 0. The molecule has 0 aliphatic heterocycles. The zero-order chi connectivity index (χ0) is 11.8. The molecule has 0 bridgehead atoms. The minimum absolute atomic E-state index is 0.183. The van der Waals surface area contributed by atoms with Gasteiger partial charge in [-0.25, -0.2) is 0 Å². The number of pyridine rings is 1. The highest BCUT2D eigenvalue weighted by Gasteiger charge is 2.14. The van der Waals surface area contributed by atoms with Crippen molar-refractivity contribution in [2.24, 2.45) is 5.73 Å². The quantitative estimate of drug-likeness (QED) is 0.835. The molecule has 0 amide bonds. The van der Waals surface area contributed by atoms with Crippen LogP contribution in [0.1, 0.15) is 25.0 Å². The maximum absolute atomic E-state index is 6.08. The lowest BCUT2D eigenvalue weighted by Crippen LogP contribution is -2.34. The highest BCUT2D eigenvalue weighted by atomic mass is 14.7. The maximum atomic E-state index is 6.08. The van der Waals surface area contributed by atoms with Gasteiger partial charge in [0.1, 0.15) is 0 Å². The summed E-state index contributed by atoms with van der Waals surface area (Å²) in [5, 5.41) is 2.50. The Morgan fingerprint density at radius 1 is 1.19 bits per heavy atom. The molecule has 0 spiro atoms. The highest BCUT2D eigenvalue weighted by molar-refractivity contribution is 5.87. The number of fused-ring (bicyclic) bond motifs is 1. The van der Waals surface area contributed by atoms with Crippen LogP contribution in [-0.2, 0) is 6.42 Å². The minimum Gasteiger partial charge on any atom is -0.325 e. The van der Waals surface area contributed by atoms with E-state index in [2.05, 4.69) is 44.0 Å². The third kappa shape index (κ3) is 2.22. The van der Waals surface area contributed by atoms with E-state index < -0.39 is 0 Å². The molecule has 1 aromatic carbocycles. The number of aryl methyl sites for hydroxylation is 1. The smallest absolute Gasteiger partial charge is 0.0349 e. The van der Waals surface area contributed by atoms with Gasteiger partial charge in [0.25, 0.3) is 0 Å². The summed E-state index contributed by atoms with van der Waals surface area (Å²) in [7, 11) is 0. The van der Waals surface area contributed by atoms with E-state index in [1.54, 1.807) is 0 Å². The second kappa shape index (κ2) is 3.87. The topological polar surface area (TPSA) is 38.9 Å². The van der Waals surface area contributed by atoms with Gasteiger partial charge in [-0.3, -0.25) is 4.98 Å². The van der Waals surface area contributed by atoms with Crippen LogP contribution in [0.4, 0.5) is 0 Å². The first kappa shape index (κ1) is 11.1. The first-order valence-corrected chi connectivity index (χ1v) is 5.58. The standard InChI is InChI=1S/C14H18N2/c1-10-4-5-11(8-14(2,3)15)13-9-16-7-6-12(10)13/h4-7,9H,8,15H2,1-3H3. The van der Waals surface area contributed by atoms with Crippen LogP contribution in [0.15, 0.2) is 30.6 Å². The number of aromatic nitrogens is 1. The van der Waals surface area contributed by atoms with E-state index in [0.29, 0.717) is 0 Å². The molecule has 84 valence electrons. The van der Waals surface area contributed by atoms with E-state index in [4.69, 9.17) is 5.73 Å². The largest absolute Gasteiger partial charge is 0.325 e. The highest BCUT2D eigenvalue weighted by Crippen LogP contribution is 2.23. The fraction of sp³-hybridized carbons (Fsp3) is 0.357. The molecule has 2 nitrogen and oxygen atoms in total. The van der Waals surface area contributed by atoms with Gasteiger partial charge in [-0.05, 0) is 49.8 Å². The van der Waals surface area contributed by atoms with Gasteiger partial charge in [-0.2, -0.15) is 0 Å². The Kier molecular flexibility index (Phi) is 2.68. The van der Waals surface area contributed by atoms with Crippen LogP contribution < -0.4 is 5.73 Å². The lowest BCUT2D eigenvalue weighted by atomic mass is 9.92. The Balaban J connectivity index is 2.59. The second-order valence-electron chi connectivity index (χ2n) is 5.13. The first-order valence-electron chi connectivity index (χ1n) is 5.58. The Labute approximate surface area is 96.5 Å². The molecule has 2 rings (SSSR count). The third-order valence-electron chi connectivity index (χ3n) is 2.77. The van der Waals surface area contributed by atoms with Crippen molar-refractivity contribution in [2.75, 3.05) is 0 Å². The number of hydrogen-bond donors (Lipinski definition) is 1. The Morgan fingerprint density at radius 3 is 2.62 bits per heavy atom. The summed E-state index contributed by atoms with van der Waals surface area (Å²) in [6.45, 7) is 6.23. The molecular weight excluding hydrogens is 196 g/mol. The zero-order valence-corrected chi connectivity index (χ0v) is 10.1. The summed E-state index contributed by atoms with van der Waals surface area (Å²) in [6, 6.07) is 6.38. The Hall–Kier alpha value is -1.41. The Morgan fingerprint density at radius 2 is 1.94 bits per heavy atom. The molecule has 0 aliphatic carbocycles. The SMILES string of the molecule is Cc1ccc(CC(C)(C)N)c2cnccc12. The van der Waals surface area contributed by atoms with Gasteiger partial charge in [0, 0.05) is 23.3 Å². The van der Waals surface area contributed by atoms with Gasteiger partial charge in [0.2, 0.25) is 0 Å². The van der Waals surface area contributed by atoms with Gasteiger partial charge in [-0.15, -0.1) is 0 Å². The fourth-order valence-electron chi connectivity index (χ4n) is 2.04. The van der Waals surface area contributed by atoms with Gasteiger partial charge >= 0.3 is 0 Å². The fourth-order valence-corrected chi connectivity index (χ4v) is 2.04. The van der Waals surface area contributed by atoms with Crippen molar-refractivity contribution in [3.63, 3.8) is 0 Å². The minimum atomic E-state index is -0.183. The summed E-state index contributed by atoms with van der Waals surface area (Å²) < 4.78 is 0. The number of hydrogen-bond acceptors (Lipinski definition) is 2. The second-order valence-corrected chi connectivity index (χ2v) is 5.13. The molecule has 0 radical (unpaired) electrons. The maximum Gasteiger partial charge on any atom is 0.0349 e. The van der Waals surface area contributed by atoms with Crippen LogP contribution in [0, 0.1) is 6.92 Å². The van der Waals surface area contributed by atoms with E-state index in [0.717, 1.165) is 6.42 Å². The lowest BCUT2D eigenvalue weighted by molar-refractivity contribution is 0.518. The van der Waals surface area contributed by atoms with Crippen molar-refractivity contribution in [1.82, 2.24) is 4.98 Å². The molecule has 0 saturated heterocycles. The molecule has 0 atom stereocenters. The molecule has 0 unspecified atom stereocenters. The van der Waals surface area contributed by atoms with E-state index >= 15 is 0 Å². The number of nitrogens with two attached hydrogens (primary N) is 1. The van der Waals surface area contributed by atoms with E-state index in [-0.39, 0.29) is 5.54 Å². The number of nitrogens with zero attached hydrogens (tertiary/aromatic N) is 1. The molecule has 0 fully saturated rings. The van der Waals surface area contributed by atoms with Crippen molar-refractivity contribution >= 4 is 10.8 Å². The van der Waals surface area contributed by atoms with Crippen LogP contribution in [-0.4, -0.2) is 10.5 Å². The van der Waals surface area contributed by atoms with Gasteiger partial charge in [-0.1, -0.05) is 12.1 Å². The summed E-state index contributed by atoms with van der Waals surface area (Å²) >= 11 is 0. The monoisotopic (exact) mass is 214 g/mol. The summed E-state index contributed by atoms with van der Waals surface area (Å²) in [4.78, 5) is 4.20. The number of benzene rings is 1. The number of rotatable bonds is 2. The van der Waals surface area contributed by atoms with Crippen LogP contribution in [0.25, 0.3) is 10.8 Å². The molecule has 0 saturated carbocycles. The van der Waals surface area contributed by atoms with Crippen LogP contribution in [0.2, 0.25) is 0 Å². The normalized spacial score (nSPS) is 12.0. The van der Waals surface area contributed by atoms with Crippen molar-refractivity contribution in [1.29, 1.82) is 0 Å². The molecule has 2 aromatic rings. The third-order valence-corrected chi connectivity index (χ3v) is 2.77. The molecule has 1 aromatic heterocycles. The summed E-state index contributed by atoms with van der Waals surface area (Å²) in [5.41, 5.74) is 8.46. The first-order chi connectivity index (χ1) is 7.47. The van der Waals surface area contributed by atoms with Crippen molar-refractivity contribution < 1.29 is 0 Å². The van der Waals surface area contributed by atoms with Crippen molar-refractivity contribution in [3.05, 3.63) is 41.7 Å². The summed E-state index contributed by atoms with van der Waals surface area (Å²) in [6.07, 6.45) is 4.64. The molecular formula is C14H18N2. The Bertz CT molecular complexity index is 510. The molecule has 2 heteroatoms. The van der Waals surface area contributed by atoms with Gasteiger partial charge in [0.15, 0.2) is 0 Å². The molecule has 0 aliphatic rings. The average molecular weight is 214 g/mol. The van der Waals surface area contributed by atoms with Gasteiger partial charge in [0.05, 0.1) is 0 Å². The molecule has 1 heterocycles. The van der Waals surface area contributed by atoms with Crippen LogP contribution in [0.3, 0.4) is 0 Å². The average Bonchev–Trinajstić information content (AvgIpc) is 2.21. The molecule has 2 N–H and O–H groups in total. The van der Waals surface area contributed by atoms with Crippen molar-refractivity contribution in [2.45, 2.75) is 32.7 Å². The van der Waals surface area contributed by atoms with E-state index in [9.17, 15) is 0 Å². The van der Waals surface area contributed by atoms with Crippen LogP contribution >= 0.6 is 0 Å². The zero-order valence-electron chi connectivity index (χ0n) is 10.1. The predicted molar refractivity (Wildman–Crippen MR) is 68.5 cm³/mol. The predicted octanol–water partition coefficient (Wildman–Crippen LogP) is 2.82. The van der Waals surface area contributed by atoms with Crippen molar-refractivity contribution in [3.8, 4) is 0 Å². The van der Waals surface area contributed by atoms with E-state index in [1.165, 1.54) is 21.9 Å². The van der Waals surface area contributed by atoms with Crippen LogP contribution in [0.5, 0.6) is 0 Å². The van der Waals surface area contributed by atoms with Gasteiger partial charge < -0.3 is 5.73 Å².